The summed E-state index contributed by atoms with van der Waals surface area (Å²) in [6.07, 6.45) is 0.917. The van der Waals surface area contributed by atoms with Crippen LogP contribution in [0.4, 0.5) is 5.69 Å². The van der Waals surface area contributed by atoms with Gasteiger partial charge < -0.3 is 10.6 Å². The van der Waals surface area contributed by atoms with E-state index in [1.54, 1.807) is 0 Å². The second-order valence-corrected chi connectivity index (χ2v) is 4.39. The fourth-order valence-electron chi connectivity index (χ4n) is 2.15. The summed E-state index contributed by atoms with van der Waals surface area (Å²) in [7, 11) is 0. The van der Waals surface area contributed by atoms with Crippen LogP contribution in [0.25, 0.3) is 0 Å². The molecule has 0 amide bonds. The van der Waals surface area contributed by atoms with Crippen molar-refractivity contribution in [3.8, 4) is 0 Å². The van der Waals surface area contributed by atoms with E-state index in [0.717, 1.165) is 25.3 Å². The normalized spacial score (nSPS) is 17.4. The lowest BCUT2D eigenvalue weighted by Gasteiger charge is -2.22. The van der Waals surface area contributed by atoms with E-state index in [0.29, 0.717) is 0 Å². The third kappa shape index (κ3) is 2.25. The molecule has 0 bridgehead atoms. The summed E-state index contributed by atoms with van der Waals surface area (Å²) in [5.74, 6) is 1.11. The first-order valence-corrected chi connectivity index (χ1v) is 5.80. The predicted molar refractivity (Wildman–Crippen MR) is 69.1 cm³/mol. The highest BCUT2D eigenvalue weighted by Crippen LogP contribution is 2.23. The number of para-hydroxylation sites is 1. The van der Waals surface area contributed by atoms with Gasteiger partial charge in [-0.3, -0.25) is 4.99 Å². The van der Waals surface area contributed by atoms with Crippen molar-refractivity contribution in [1.82, 2.24) is 0 Å². The lowest BCUT2D eigenvalue weighted by atomic mass is 10.0. The van der Waals surface area contributed by atoms with Crippen LogP contribution < -0.4 is 10.6 Å². The minimum absolute atomic E-state index is 0.195. The van der Waals surface area contributed by atoms with E-state index >= 15 is 0 Å². The van der Waals surface area contributed by atoms with Gasteiger partial charge >= 0.3 is 0 Å². The number of aliphatic imine (C=N–C) groups is 1. The molecule has 0 radical (unpaired) electrons. The van der Waals surface area contributed by atoms with Crippen molar-refractivity contribution < 1.29 is 0 Å². The molecule has 2 rings (SSSR count). The van der Waals surface area contributed by atoms with Crippen LogP contribution in [0.3, 0.4) is 0 Å². The minimum atomic E-state index is 0.195. The van der Waals surface area contributed by atoms with Gasteiger partial charge in [0.25, 0.3) is 0 Å². The van der Waals surface area contributed by atoms with Crippen LogP contribution in [-0.4, -0.2) is 25.0 Å². The van der Waals surface area contributed by atoms with Crippen molar-refractivity contribution in [1.29, 1.82) is 0 Å². The van der Waals surface area contributed by atoms with Gasteiger partial charge in [0.15, 0.2) is 0 Å². The Morgan fingerprint density at radius 2 is 2.19 bits per heavy atom. The van der Waals surface area contributed by atoms with Gasteiger partial charge in [-0.05, 0) is 31.9 Å². The summed E-state index contributed by atoms with van der Waals surface area (Å²) in [6.45, 7) is 6.00. The predicted octanol–water partition coefficient (Wildman–Crippen LogP) is 1.81. The van der Waals surface area contributed by atoms with Crippen LogP contribution in [-0.2, 0) is 6.42 Å². The van der Waals surface area contributed by atoms with Crippen molar-refractivity contribution in [2.24, 2.45) is 10.7 Å². The van der Waals surface area contributed by atoms with Crippen molar-refractivity contribution >= 4 is 11.5 Å². The molecule has 0 aromatic heterocycles. The van der Waals surface area contributed by atoms with Crippen LogP contribution in [0, 0.1) is 0 Å². The Balaban J connectivity index is 2.29. The van der Waals surface area contributed by atoms with Gasteiger partial charge in [-0.2, -0.15) is 0 Å². The molecule has 0 saturated carbocycles. The molecule has 1 aromatic rings. The van der Waals surface area contributed by atoms with Crippen molar-refractivity contribution in [3.63, 3.8) is 0 Å². The smallest absolute Gasteiger partial charge is 0.100 e. The Morgan fingerprint density at radius 1 is 1.44 bits per heavy atom. The van der Waals surface area contributed by atoms with Gasteiger partial charge in [-0.1, -0.05) is 18.2 Å². The molecule has 2 N–H and O–H groups in total. The SMILES string of the molecule is CC1=NCCN1c1ccccc1CC(C)N. The maximum atomic E-state index is 5.88. The minimum Gasteiger partial charge on any atom is -0.328 e. The zero-order chi connectivity index (χ0) is 11.5. The van der Waals surface area contributed by atoms with E-state index in [1.807, 2.05) is 6.92 Å². The molecule has 16 heavy (non-hydrogen) atoms. The average Bonchev–Trinajstić information content (AvgIpc) is 2.64. The summed E-state index contributed by atoms with van der Waals surface area (Å²) in [5, 5.41) is 0. The number of amidine groups is 1. The van der Waals surface area contributed by atoms with Gasteiger partial charge in [-0.25, -0.2) is 0 Å². The van der Waals surface area contributed by atoms with E-state index in [4.69, 9.17) is 5.73 Å². The molecule has 0 fully saturated rings. The van der Waals surface area contributed by atoms with Crippen molar-refractivity contribution in [2.75, 3.05) is 18.0 Å². The third-order valence-corrected chi connectivity index (χ3v) is 2.88. The standard InChI is InChI=1S/C13H19N3/c1-10(14)9-12-5-3-4-6-13(12)16-8-7-15-11(16)2/h3-6,10H,7-9,14H2,1-2H3. The number of nitrogens with two attached hydrogens (primary N) is 1. The molecule has 0 aliphatic carbocycles. The highest BCUT2D eigenvalue weighted by Gasteiger charge is 2.17. The number of anilines is 1. The molecule has 86 valence electrons. The quantitative estimate of drug-likeness (QED) is 0.839. The number of benzene rings is 1. The molecule has 3 heteroatoms. The van der Waals surface area contributed by atoms with Gasteiger partial charge in [0.2, 0.25) is 0 Å². The Kier molecular flexibility index (Phi) is 3.25. The van der Waals surface area contributed by atoms with E-state index in [-0.39, 0.29) is 6.04 Å². The van der Waals surface area contributed by atoms with Gasteiger partial charge in [0.1, 0.15) is 5.84 Å². The third-order valence-electron chi connectivity index (χ3n) is 2.88. The summed E-state index contributed by atoms with van der Waals surface area (Å²) in [5.41, 5.74) is 8.45. The molecule has 1 atom stereocenters. The Bertz CT molecular complexity index is 396. The number of hydrogen-bond acceptors (Lipinski definition) is 3. The Morgan fingerprint density at radius 3 is 2.81 bits per heavy atom. The van der Waals surface area contributed by atoms with Crippen LogP contribution in [0.15, 0.2) is 29.3 Å². The Labute approximate surface area is 97.0 Å². The topological polar surface area (TPSA) is 41.6 Å². The van der Waals surface area contributed by atoms with Crippen molar-refractivity contribution in [2.45, 2.75) is 26.3 Å². The Hall–Kier alpha value is -1.35. The van der Waals surface area contributed by atoms with E-state index < -0.39 is 0 Å². The molecule has 1 heterocycles. The molecular formula is C13H19N3. The first-order chi connectivity index (χ1) is 7.68. The molecule has 1 unspecified atom stereocenters. The van der Waals surface area contributed by atoms with E-state index in [9.17, 15) is 0 Å². The van der Waals surface area contributed by atoms with Gasteiger partial charge in [-0.15, -0.1) is 0 Å². The lowest BCUT2D eigenvalue weighted by molar-refractivity contribution is 0.737. The zero-order valence-electron chi connectivity index (χ0n) is 9.98. The maximum absolute atomic E-state index is 5.88. The first-order valence-electron chi connectivity index (χ1n) is 5.80. The van der Waals surface area contributed by atoms with Crippen LogP contribution in [0.1, 0.15) is 19.4 Å². The molecule has 1 aliphatic heterocycles. The molecule has 0 saturated heterocycles. The van der Waals surface area contributed by atoms with Crippen LogP contribution >= 0.6 is 0 Å². The monoisotopic (exact) mass is 217 g/mol. The summed E-state index contributed by atoms with van der Waals surface area (Å²) in [6, 6.07) is 8.66. The fourth-order valence-corrected chi connectivity index (χ4v) is 2.15. The summed E-state index contributed by atoms with van der Waals surface area (Å²) < 4.78 is 0. The molecular weight excluding hydrogens is 198 g/mol. The zero-order valence-corrected chi connectivity index (χ0v) is 9.98. The van der Waals surface area contributed by atoms with Crippen LogP contribution in [0.5, 0.6) is 0 Å². The molecule has 1 aliphatic rings. The summed E-state index contributed by atoms with van der Waals surface area (Å²) >= 11 is 0. The highest BCUT2D eigenvalue weighted by molar-refractivity contribution is 5.98. The molecule has 3 nitrogen and oxygen atoms in total. The highest BCUT2D eigenvalue weighted by atomic mass is 15.2. The van der Waals surface area contributed by atoms with Crippen molar-refractivity contribution in [3.05, 3.63) is 29.8 Å². The van der Waals surface area contributed by atoms with E-state index in [1.165, 1.54) is 11.3 Å². The number of nitrogens with zero attached hydrogens (tertiary/aromatic N) is 2. The second-order valence-electron chi connectivity index (χ2n) is 4.39. The molecule has 1 aromatic carbocycles. The largest absolute Gasteiger partial charge is 0.328 e. The lowest BCUT2D eigenvalue weighted by Crippen LogP contribution is -2.27. The average molecular weight is 217 g/mol. The summed E-state index contributed by atoms with van der Waals surface area (Å²) in [4.78, 5) is 6.70. The van der Waals surface area contributed by atoms with E-state index in [2.05, 4.69) is 41.1 Å². The van der Waals surface area contributed by atoms with Gasteiger partial charge in [0.05, 0.1) is 6.54 Å². The number of hydrogen-bond donors (Lipinski definition) is 1. The van der Waals surface area contributed by atoms with Crippen LogP contribution in [0.2, 0.25) is 0 Å². The maximum Gasteiger partial charge on any atom is 0.100 e. The van der Waals surface area contributed by atoms with Gasteiger partial charge in [0, 0.05) is 18.3 Å². The second kappa shape index (κ2) is 4.66. The number of rotatable bonds is 3. The molecule has 0 spiro atoms. The fraction of sp³-hybridized carbons (Fsp3) is 0.462. The first kappa shape index (κ1) is 11.1.